The van der Waals surface area contributed by atoms with E-state index in [2.05, 4.69) is 4.99 Å². The Balaban J connectivity index is 2.27. The van der Waals surface area contributed by atoms with Crippen molar-refractivity contribution in [2.75, 3.05) is 20.1 Å². The van der Waals surface area contributed by atoms with Crippen molar-refractivity contribution < 1.29 is 4.39 Å². The smallest absolute Gasteiger partial charge is 0.162 e. The molecule has 2 rings (SSSR count). The first-order valence-corrected chi connectivity index (χ1v) is 6.18. The van der Waals surface area contributed by atoms with Crippen LogP contribution in [-0.2, 0) is 0 Å². The molecule has 0 amide bonds. The van der Waals surface area contributed by atoms with E-state index in [0.29, 0.717) is 18.8 Å². The molecular formula is C14H19FN4. The maximum absolute atomic E-state index is 14.8. The van der Waals surface area contributed by atoms with Crippen molar-refractivity contribution in [3.8, 4) is 0 Å². The molecule has 4 nitrogen and oxygen atoms in total. The minimum Gasteiger partial charge on any atom is -0.403 e. The van der Waals surface area contributed by atoms with E-state index in [4.69, 9.17) is 11.5 Å². The van der Waals surface area contributed by atoms with Gasteiger partial charge in [0.25, 0.3) is 0 Å². The highest BCUT2D eigenvalue weighted by atomic mass is 19.1. The van der Waals surface area contributed by atoms with E-state index in [1.807, 2.05) is 42.3 Å². The molecule has 0 spiro atoms. The Morgan fingerprint density at radius 2 is 2.05 bits per heavy atom. The summed E-state index contributed by atoms with van der Waals surface area (Å²) in [5.41, 5.74) is 10.7. The number of allylic oxidation sites excluding steroid dienone is 1. The van der Waals surface area contributed by atoms with Gasteiger partial charge in [0.15, 0.2) is 5.67 Å². The van der Waals surface area contributed by atoms with E-state index in [1.165, 1.54) is 12.4 Å². The summed E-state index contributed by atoms with van der Waals surface area (Å²) in [4.78, 5) is 6.22. The Kier molecular flexibility index (Phi) is 3.85. The molecule has 1 aromatic rings. The lowest BCUT2D eigenvalue weighted by Gasteiger charge is -2.45. The highest BCUT2D eigenvalue weighted by molar-refractivity contribution is 5.77. The summed E-state index contributed by atoms with van der Waals surface area (Å²) >= 11 is 0. The minimum absolute atomic E-state index is 0.331. The number of benzene rings is 1. The molecule has 0 saturated carbocycles. The summed E-state index contributed by atoms with van der Waals surface area (Å²) in [6.07, 6.45) is 2.68. The number of rotatable bonds is 4. The molecule has 1 atom stereocenters. The van der Waals surface area contributed by atoms with Gasteiger partial charge in [-0.15, -0.1) is 0 Å². The molecule has 1 aliphatic rings. The third-order valence-electron chi connectivity index (χ3n) is 3.24. The zero-order chi connectivity index (χ0) is 13.9. The fraction of sp³-hybridized carbons (Fsp3) is 0.357. The molecule has 0 radical (unpaired) electrons. The number of nitrogens with two attached hydrogens (primary N) is 2. The number of alkyl halides is 1. The van der Waals surface area contributed by atoms with Gasteiger partial charge in [0.2, 0.25) is 0 Å². The van der Waals surface area contributed by atoms with E-state index in [1.54, 1.807) is 0 Å². The summed E-state index contributed by atoms with van der Waals surface area (Å²) < 4.78 is 14.8. The summed E-state index contributed by atoms with van der Waals surface area (Å²) in [5.74, 6) is 0. The lowest BCUT2D eigenvalue weighted by Crippen LogP contribution is -2.59. The van der Waals surface area contributed by atoms with Gasteiger partial charge in [0.05, 0.1) is 5.70 Å². The maximum Gasteiger partial charge on any atom is 0.162 e. The summed E-state index contributed by atoms with van der Waals surface area (Å²) in [7, 11) is 1.89. The van der Waals surface area contributed by atoms with Gasteiger partial charge in [-0.1, -0.05) is 30.3 Å². The third kappa shape index (κ3) is 2.93. The zero-order valence-corrected chi connectivity index (χ0v) is 11.0. The Bertz CT molecular complexity index is 477. The van der Waals surface area contributed by atoms with Crippen molar-refractivity contribution in [1.82, 2.24) is 4.90 Å². The van der Waals surface area contributed by atoms with Crippen molar-refractivity contribution in [3.05, 3.63) is 47.8 Å². The van der Waals surface area contributed by atoms with E-state index in [9.17, 15) is 4.39 Å². The minimum atomic E-state index is -1.35. The third-order valence-corrected chi connectivity index (χ3v) is 3.24. The van der Waals surface area contributed by atoms with Crippen molar-refractivity contribution in [1.29, 1.82) is 0 Å². The van der Waals surface area contributed by atoms with Crippen LogP contribution in [0, 0.1) is 0 Å². The Labute approximate surface area is 112 Å². The Hall–Kier alpha value is -1.88. The average Bonchev–Trinajstić information content (AvgIpc) is 2.38. The molecule has 1 fully saturated rings. The van der Waals surface area contributed by atoms with Crippen LogP contribution in [0.15, 0.2) is 47.2 Å². The van der Waals surface area contributed by atoms with Crippen molar-refractivity contribution in [3.63, 3.8) is 0 Å². The van der Waals surface area contributed by atoms with Gasteiger partial charge in [-0.2, -0.15) is 0 Å². The van der Waals surface area contributed by atoms with Crippen LogP contribution in [0.5, 0.6) is 0 Å². The van der Waals surface area contributed by atoms with Gasteiger partial charge in [0, 0.05) is 25.5 Å². The lowest BCUT2D eigenvalue weighted by atomic mass is 9.84. The van der Waals surface area contributed by atoms with Crippen LogP contribution in [-0.4, -0.2) is 36.9 Å². The van der Waals surface area contributed by atoms with E-state index in [0.717, 1.165) is 5.56 Å². The summed E-state index contributed by atoms with van der Waals surface area (Å²) in [6.45, 7) is 0.742. The quantitative estimate of drug-likeness (QED) is 0.801. The number of aliphatic imine (C=N–C) groups is 1. The normalized spacial score (nSPS) is 21.3. The number of hydrogen-bond acceptors (Lipinski definition) is 4. The van der Waals surface area contributed by atoms with Crippen molar-refractivity contribution >= 4 is 6.21 Å². The van der Waals surface area contributed by atoms with Crippen LogP contribution in [0.2, 0.25) is 0 Å². The first kappa shape index (κ1) is 13.5. The molecule has 102 valence electrons. The van der Waals surface area contributed by atoms with Gasteiger partial charge in [-0.05, 0) is 12.6 Å². The number of likely N-dealkylation sites (tertiary alicyclic amines) is 1. The van der Waals surface area contributed by atoms with Crippen molar-refractivity contribution in [2.45, 2.75) is 11.7 Å². The predicted molar refractivity (Wildman–Crippen MR) is 75.5 cm³/mol. The highest BCUT2D eigenvalue weighted by Gasteiger charge is 2.48. The molecule has 0 aliphatic carbocycles. The van der Waals surface area contributed by atoms with E-state index >= 15 is 0 Å². The predicted octanol–water partition coefficient (Wildman–Crippen LogP) is 1.21. The zero-order valence-electron chi connectivity index (χ0n) is 11.0. The SMILES string of the molecule is CN1CC(F)(C(N=C/C(N)=C\N)c2ccccc2)C1. The van der Waals surface area contributed by atoms with Crippen LogP contribution in [0.1, 0.15) is 11.6 Å². The van der Waals surface area contributed by atoms with Crippen LogP contribution < -0.4 is 11.5 Å². The maximum atomic E-state index is 14.8. The molecule has 1 aromatic carbocycles. The monoisotopic (exact) mass is 262 g/mol. The molecule has 0 aromatic heterocycles. The van der Waals surface area contributed by atoms with E-state index in [-0.39, 0.29) is 0 Å². The highest BCUT2D eigenvalue weighted by Crippen LogP contribution is 2.39. The van der Waals surface area contributed by atoms with Crippen molar-refractivity contribution in [2.24, 2.45) is 16.5 Å². The molecule has 5 heteroatoms. The topological polar surface area (TPSA) is 67.6 Å². The molecule has 0 bridgehead atoms. The molecular weight excluding hydrogens is 243 g/mol. The van der Waals surface area contributed by atoms with Crippen LogP contribution in [0.4, 0.5) is 4.39 Å². The first-order chi connectivity index (χ1) is 9.05. The molecule has 1 saturated heterocycles. The second-order valence-electron chi connectivity index (χ2n) is 4.96. The summed E-state index contributed by atoms with van der Waals surface area (Å²) in [6, 6.07) is 8.87. The number of nitrogens with zero attached hydrogens (tertiary/aromatic N) is 2. The molecule has 1 unspecified atom stereocenters. The van der Waals surface area contributed by atoms with Gasteiger partial charge >= 0.3 is 0 Å². The molecule has 1 heterocycles. The molecule has 19 heavy (non-hydrogen) atoms. The largest absolute Gasteiger partial charge is 0.403 e. The van der Waals surface area contributed by atoms with Crippen LogP contribution in [0.25, 0.3) is 0 Å². The molecule has 1 aliphatic heterocycles. The van der Waals surface area contributed by atoms with Gasteiger partial charge in [-0.3, -0.25) is 9.89 Å². The van der Waals surface area contributed by atoms with Gasteiger partial charge in [0.1, 0.15) is 6.04 Å². The van der Waals surface area contributed by atoms with Gasteiger partial charge in [-0.25, -0.2) is 4.39 Å². The number of halogens is 1. The summed E-state index contributed by atoms with van der Waals surface area (Å²) in [5, 5.41) is 0. The first-order valence-electron chi connectivity index (χ1n) is 6.18. The van der Waals surface area contributed by atoms with E-state index < -0.39 is 11.7 Å². The number of hydrogen-bond donors (Lipinski definition) is 2. The van der Waals surface area contributed by atoms with Crippen LogP contribution in [0.3, 0.4) is 0 Å². The lowest BCUT2D eigenvalue weighted by molar-refractivity contribution is -0.0348. The second kappa shape index (κ2) is 5.40. The average molecular weight is 262 g/mol. The Morgan fingerprint density at radius 1 is 1.42 bits per heavy atom. The fourth-order valence-electron chi connectivity index (χ4n) is 2.38. The standard InChI is InChI=1S/C14H19FN4/c1-19-9-14(15,10-19)13(18-8-12(17)7-16)11-5-3-2-4-6-11/h2-8,13H,9-10,16-17H2,1H3/b12-7+,18-8?. The van der Waals surface area contributed by atoms with Crippen LogP contribution >= 0.6 is 0 Å². The van der Waals surface area contributed by atoms with Gasteiger partial charge < -0.3 is 11.5 Å². The second-order valence-corrected chi connectivity index (χ2v) is 4.96. The fourth-order valence-corrected chi connectivity index (χ4v) is 2.38. The molecule has 4 N–H and O–H groups in total. The Morgan fingerprint density at radius 3 is 2.58 bits per heavy atom.